The number of halogens is 2. The molecule has 0 spiro atoms. The number of aromatic nitrogens is 1. The molecule has 7 nitrogen and oxygen atoms in total. The second-order valence-corrected chi connectivity index (χ2v) is 11.1. The Morgan fingerprint density at radius 3 is 2.65 bits per heavy atom. The number of sulfone groups is 1. The standard InChI is InChI=1S/C24H25F2N3O4S/c1-34(31,32)22-9-14(21-3-2-8-33-21)6-7-16(22)28-17-10-15(11-20(30)13-4-5-13)27-18-12-19(24(25)26)29-23(17)18/h6-7,9-10,13,21,24H,2-5,8,11-12H2,1H3,(H,27,28)/t21-/m0/s1. The first-order valence-electron chi connectivity index (χ1n) is 11.3. The molecule has 1 saturated heterocycles. The summed E-state index contributed by atoms with van der Waals surface area (Å²) in [5, 5.41) is 3.09. The molecule has 1 atom stereocenters. The third kappa shape index (κ3) is 4.74. The van der Waals surface area contributed by atoms with Crippen LogP contribution in [0.5, 0.6) is 0 Å². The molecule has 0 amide bonds. The van der Waals surface area contributed by atoms with Crippen molar-refractivity contribution < 1.29 is 26.7 Å². The molecule has 2 fully saturated rings. The van der Waals surface area contributed by atoms with E-state index in [0.717, 1.165) is 37.5 Å². The van der Waals surface area contributed by atoms with Crippen LogP contribution < -0.4 is 5.32 Å². The summed E-state index contributed by atoms with van der Waals surface area (Å²) in [7, 11) is -3.62. The number of ketones is 1. The maximum absolute atomic E-state index is 13.4. The third-order valence-electron chi connectivity index (χ3n) is 6.34. The van der Waals surface area contributed by atoms with Crippen LogP contribution in [-0.2, 0) is 32.2 Å². The van der Waals surface area contributed by atoms with E-state index in [2.05, 4.69) is 15.3 Å². The Labute approximate surface area is 196 Å². The van der Waals surface area contributed by atoms with E-state index in [-0.39, 0.29) is 46.9 Å². The van der Waals surface area contributed by atoms with Gasteiger partial charge in [0.15, 0.2) is 9.84 Å². The molecule has 0 bridgehead atoms. The van der Waals surface area contributed by atoms with Crippen LogP contribution >= 0.6 is 0 Å². The summed E-state index contributed by atoms with van der Waals surface area (Å²) in [6.07, 6.45) is 1.69. The van der Waals surface area contributed by atoms with Crippen LogP contribution in [0.25, 0.3) is 0 Å². The number of hydrogen-bond acceptors (Lipinski definition) is 7. The van der Waals surface area contributed by atoms with E-state index in [0.29, 0.717) is 29.4 Å². The molecule has 1 aromatic carbocycles. The molecular formula is C24H25F2N3O4S. The molecule has 0 unspecified atom stereocenters. The van der Waals surface area contributed by atoms with E-state index in [4.69, 9.17) is 4.74 Å². The van der Waals surface area contributed by atoms with Crippen molar-refractivity contribution in [1.29, 1.82) is 0 Å². The van der Waals surface area contributed by atoms with Crippen LogP contribution in [0.3, 0.4) is 0 Å². The second-order valence-electron chi connectivity index (χ2n) is 9.11. The highest BCUT2D eigenvalue weighted by Crippen LogP contribution is 2.40. The predicted octanol–water partition coefficient (Wildman–Crippen LogP) is 4.50. The zero-order valence-corrected chi connectivity index (χ0v) is 19.5. The Kier molecular flexibility index (Phi) is 5.97. The lowest BCUT2D eigenvalue weighted by atomic mass is 10.1. The molecule has 2 aliphatic heterocycles. The minimum Gasteiger partial charge on any atom is -0.374 e. The van der Waals surface area contributed by atoms with Crippen molar-refractivity contribution in [2.75, 3.05) is 18.2 Å². The van der Waals surface area contributed by atoms with Crippen LogP contribution in [-0.4, -0.2) is 44.2 Å². The van der Waals surface area contributed by atoms with Crippen LogP contribution in [0, 0.1) is 5.92 Å². The Balaban J connectivity index is 1.54. The number of carbonyl (C=O) groups excluding carboxylic acids is 1. The van der Waals surface area contributed by atoms with Crippen molar-refractivity contribution in [2.24, 2.45) is 10.9 Å². The fourth-order valence-electron chi connectivity index (χ4n) is 4.43. The van der Waals surface area contributed by atoms with E-state index >= 15 is 0 Å². The topological polar surface area (TPSA) is 97.7 Å². The second kappa shape index (κ2) is 8.81. The average molecular weight is 490 g/mol. The number of benzene rings is 1. The molecule has 1 aromatic heterocycles. The van der Waals surface area contributed by atoms with Gasteiger partial charge in [0.2, 0.25) is 0 Å². The summed E-state index contributed by atoms with van der Waals surface area (Å²) in [6, 6.07) is 6.67. The minimum atomic E-state index is -3.62. The van der Waals surface area contributed by atoms with Crippen LogP contribution in [0.1, 0.15) is 48.7 Å². The molecule has 34 heavy (non-hydrogen) atoms. The highest BCUT2D eigenvalue weighted by molar-refractivity contribution is 7.90. The van der Waals surface area contributed by atoms with Gasteiger partial charge in [-0.05, 0) is 49.4 Å². The van der Waals surface area contributed by atoms with Gasteiger partial charge in [-0.15, -0.1) is 0 Å². The minimum absolute atomic E-state index is 0.0431. The van der Waals surface area contributed by atoms with Gasteiger partial charge in [0, 0.05) is 31.6 Å². The normalized spacial score (nSPS) is 19.9. The van der Waals surface area contributed by atoms with Crippen molar-refractivity contribution in [2.45, 2.75) is 55.9 Å². The summed E-state index contributed by atoms with van der Waals surface area (Å²) >= 11 is 0. The molecule has 180 valence electrons. The van der Waals surface area contributed by atoms with E-state index < -0.39 is 16.3 Å². The van der Waals surface area contributed by atoms with Gasteiger partial charge < -0.3 is 10.1 Å². The summed E-state index contributed by atoms with van der Waals surface area (Å²) in [4.78, 5) is 21.0. The van der Waals surface area contributed by atoms with Crippen LogP contribution in [0.15, 0.2) is 34.2 Å². The first kappa shape index (κ1) is 23.0. The maximum atomic E-state index is 13.4. The number of Topliss-reactive ketones (excluding diaryl/α,β-unsaturated/α-hetero) is 1. The Bertz CT molecular complexity index is 1280. The summed E-state index contributed by atoms with van der Waals surface area (Å²) in [5.41, 5.74) is 2.20. The molecule has 1 N–H and O–H groups in total. The van der Waals surface area contributed by atoms with Crippen molar-refractivity contribution in [1.82, 2.24) is 4.98 Å². The van der Waals surface area contributed by atoms with Gasteiger partial charge in [-0.1, -0.05) is 6.07 Å². The zero-order chi connectivity index (χ0) is 24.0. The van der Waals surface area contributed by atoms with Crippen LogP contribution in [0.2, 0.25) is 0 Å². The summed E-state index contributed by atoms with van der Waals surface area (Å²) in [5.74, 6) is 0.116. The van der Waals surface area contributed by atoms with Gasteiger partial charge in [-0.2, -0.15) is 0 Å². The summed E-state index contributed by atoms with van der Waals surface area (Å²) in [6.45, 7) is 0.634. The SMILES string of the molecule is CS(=O)(=O)c1cc([C@@H]2CCCO2)ccc1Nc1cc(CC(=O)C2CC2)nc2c1N=C(C(F)F)C2. The molecule has 3 aliphatic rings. The van der Waals surface area contributed by atoms with E-state index in [1.165, 1.54) is 0 Å². The summed E-state index contributed by atoms with van der Waals surface area (Å²) < 4.78 is 57.7. The quantitative estimate of drug-likeness (QED) is 0.587. The molecule has 3 heterocycles. The number of pyridine rings is 1. The number of nitrogens with one attached hydrogen (secondary N) is 1. The Morgan fingerprint density at radius 1 is 1.21 bits per heavy atom. The molecule has 10 heteroatoms. The van der Waals surface area contributed by atoms with Crippen molar-refractivity contribution >= 4 is 38.4 Å². The van der Waals surface area contributed by atoms with Gasteiger partial charge in [-0.25, -0.2) is 22.2 Å². The average Bonchev–Trinajstić information content (AvgIpc) is 3.30. The molecule has 0 radical (unpaired) electrons. The highest BCUT2D eigenvalue weighted by Gasteiger charge is 2.31. The van der Waals surface area contributed by atoms with Gasteiger partial charge >= 0.3 is 0 Å². The predicted molar refractivity (Wildman–Crippen MR) is 123 cm³/mol. The third-order valence-corrected chi connectivity index (χ3v) is 7.47. The number of carbonyl (C=O) groups is 1. The molecule has 2 aromatic rings. The van der Waals surface area contributed by atoms with E-state index in [1.807, 2.05) is 0 Å². The lowest BCUT2D eigenvalue weighted by Gasteiger charge is -2.17. The first-order valence-corrected chi connectivity index (χ1v) is 13.2. The van der Waals surface area contributed by atoms with Crippen molar-refractivity contribution in [3.63, 3.8) is 0 Å². The fourth-order valence-corrected chi connectivity index (χ4v) is 5.30. The number of anilines is 2. The molecule has 1 aliphatic carbocycles. The van der Waals surface area contributed by atoms with Crippen molar-refractivity contribution in [3.05, 3.63) is 41.2 Å². The number of fused-ring (bicyclic) bond motifs is 1. The van der Waals surface area contributed by atoms with Gasteiger partial charge in [0.25, 0.3) is 6.43 Å². The van der Waals surface area contributed by atoms with Gasteiger partial charge in [0.05, 0.1) is 39.5 Å². The first-order chi connectivity index (χ1) is 16.2. The monoisotopic (exact) mass is 489 g/mol. The van der Waals surface area contributed by atoms with E-state index in [9.17, 15) is 22.0 Å². The fraction of sp³-hybridized carbons (Fsp3) is 0.458. The zero-order valence-electron chi connectivity index (χ0n) is 18.7. The highest BCUT2D eigenvalue weighted by atomic mass is 32.2. The molecular weight excluding hydrogens is 464 g/mol. The largest absolute Gasteiger partial charge is 0.374 e. The maximum Gasteiger partial charge on any atom is 0.277 e. The smallest absolute Gasteiger partial charge is 0.277 e. The number of alkyl halides is 2. The van der Waals surface area contributed by atoms with Gasteiger partial charge in [-0.3, -0.25) is 9.78 Å². The number of hydrogen-bond donors (Lipinski definition) is 1. The van der Waals surface area contributed by atoms with E-state index in [1.54, 1.807) is 24.3 Å². The Hall–Kier alpha value is -2.72. The number of nitrogens with zero attached hydrogens (tertiary/aromatic N) is 2. The lowest BCUT2D eigenvalue weighted by molar-refractivity contribution is -0.119. The van der Waals surface area contributed by atoms with Crippen molar-refractivity contribution in [3.8, 4) is 0 Å². The van der Waals surface area contributed by atoms with Gasteiger partial charge in [0.1, 0.15) is 11.5 Å². The number of ether oxygens (including phenoxy) is 1. The number of aliphatic imine (C=N–C) groups is 1. The lowest BCUT2D eigenvalue weighted by Crippen LogP contribution is -2.11. The molecule has 5 rings (SSSR count). The molecule has 1 saturated carbocycles. The van der Waals surface area contributed by atoms with Crippen LogP contribution in [0.4, 0.5) is 25.8 Å². The number of rotatable bonds is 8. The Morgan fingerprint density at radius 2 is 2.00 bits per heavy atom.